The third-order valence-electron chi connectivity index (χ3n) is 3.90. The zero-order chi connectivity index (χ0) is 21.4. The summed E-state index contributed by atoms with van der Waals surface area (Å²) in [4.78, 5) is 34.1. The van der Waals surface area contributed by atoms with E-state index in [0.29, 0.717) is 24.5 Å². The van der Waals surface area contributed by atoms with Crippen molar-refractivity contribution in [1.29, 1.82) is 0 Å². The van der Waals surface area contributed by atoms with Gasteiger partial charge < -0.3 is 19.5 Å². The van der Waals surface area contributed by atoms with Gasteiger partial charge in [-0.3, -0.25) is 14.9 Å². The number of hydrogen-bond acceptors (Lipinski definition) is 7. The van der Waals surface area contributed by atoms with Crippen molar-refractivity contribution in [2.75, 3.05) is 27.4 Å². The number of non-ortho nitro benzene ring substituents is 1. The van der Waals surface area contributed by atoms with Crippen molar-refractivity contribution in [3.05, 3.63) is 62.7 Å². The molecular formula is C19H19ClN2O7. The van der Waals surface area contributed by atoms with Crippen LogP contribution in [0.15, 0.2) is 36.4 Å². The van der Waals surface area contributed by atoms with E-state index in [1.807, 2.05) is 6.07 Å². The fourth-order valence-corrected chi connectivity index (χ4v) is 2.62. The first-order valence-corrected chi connectivity index (χ1v) is 8.82. The van der Waals surface area contributed by atoms with E-state index in [0.717, 1.165) is 11.6 Å². The molecule has 154 valence electrons. The fourth-order valence-electron chi connectivity index (χ4n) is 2.43. The van der Waals surface area contributed by atoms with Crippen LogP contribution in [0.2, 0.25) is 5.02 Å². The number of ether oxygens (including phenoxy) is 3. The number of nitro benzene ring substituents is 1. The minimum Gasteiger partial charge on any atom is -0.493 e. The summed E-state index contributed by atoms with van der Waals surface area (Å²) in [7, 11) is 3.07. The van der Waals surface area contributed by atoms with Crippen molar-refractivity contribution in [2.24, 2.45) is 0 Å². The summed E-state index contributed by atoms with van der Waals surface area (Å²) in [5, 5.41) is 13.4. The lowest BCUT2D eigenvalue weighted by molar-refractivity contribution is -0.384. The van der Waals surface area contributed by atoms with Gasteiger partial charge in [-0.2, -0.15) is 0 Å². The van der Waals surface area contributed by atoms with Crippen molar-refractivity contribution in [3.63, 3.8) is 0 Å². The first kappa shape index (κ1) is 22.0. The zero-order valence-electron chi connectivity index (χ0n) is 15.8. The molecule has 0 heterocycles. The number of rotatable bonds is 9. The molecule has 0 atom stereocenters. The molecule has 0 saturated carbocycles. The number of nitro groups is 1. The molecule has 2 aromatic rings. The molecule has 2 rings (SSSR count). The Morgan fingerprint density at radius 1 is 1.10 bits per heavy atom. The molecule has 1 N–H and O–H groups in total. The molecule has 2 aromatic carbocycles. The summed E-state index contributed by atoms with van der Waals surface area (Å²) >= 11 is 5.87. The molecule has 0 fully saturated rings. The molecule has 0 bridgehead atoms. The number of methoxy groups -OCH3 is 2. The van der Waals surface area contributed by atoms with Gasteiger partial charge in [-0.05, 0) is 30.2 Å². The number of nitrogens with zero attached hydrogens (tertiary/aromatic N) is 1. The molecule has 0 saturated heterocycles. The summed E-state index contributed by atoms with van der Waals surface area (Å²) in [6, 6.07) is 8.80. The summed E-state index contributed by atoms with van der Waals surface area (Å²) in [5.41, 5.74) is 0.433. The third kappa shape index (κ3) is 6.08. The van der Waals surface area contributed by atoms with Crippen LogP contribution in [0.1, 0.15) is 15.9 Å². The molecule has 0 aliphatic carbocycles. The van der Waals surface area contributed by atoms with E-state index in [1.54, 1.807) is 19.2 Å². The number of carbonyl (C=O) groups is 2. The first-order chi connectivity index (χ1) is 13.8. The molecule has 9 nitrogen and oxygen atoms in total. The maximum atomic E-state index is 12.0. The van der Waals surface area contributed by atoms with Gasteiger partial charge in [-0.1, -0.05) is 17.7 Å². The van der Waals surface area contributed by atoms with Gasteiger partial charge in [-0.25, -0.2) is 4.79 Å². The van der Waals surface area contributed by atoms with Crippen LogP contribution < -0.4 is 14.8 Å². The van der Waals surface area contributed by atoms with Gasteiger partial charge >= 0.3 is 5.97 Å². The van der Waals surface area contributed by atoms with Crippen LogP contribution in [-0.2, 0) is 16.0 Å². The molecule has 0 radical (unpaired) electrons. The van der Waals surface area contributed by atoms with E-state index in [4.69, 9.17) is 25.8 Å². The minimum absolute atomic E-state index is 0.00513. The highest BCUT2D eigenvalue weighted by Gasteiger charge is 2.18. The second kappa shape index (κ2) is 10.3. The maximum absolute atomic E-state index is 12.0. The molecule has 0 aromatic heterocycles. The Labute approximate surface area is 171 Å². The summed E-state index contributed by atoms with van der Waals surface area (Å²) in [6.07, 6.45) is 0.525. The zero-order valence-corrected chi connectivity index (χ0v) is 16.5. The summed E-state index contributed by atoms with van der Waals surface area (Å²) in [6.45, 7) is -0.229. The number of benzene rings is 2. The highest BCUT2D eigenvalue weighted by Crippen LogP contribution is 2.27. The lowest BCUT2D eigenvalue weighted by Crippen LogP contribution is -2.30. The predicted octanol–water partition coefficient (Wildman–Crippen LogP) is 2.78. The lowest BCUT2D eigenvalue weighted by atomic mass is 10.1. The van der Waals surface area contributed by atoms with Crippen LogP contribution in [0.5, 0.6) is 11.5 Å². The van der Waals surface area contributed by atoms with Gasteiger partial charge in [0.1, 0.15) is 0 Å². The van der Waals surface area contributed by atoms with E-state index >= 15 is 0 Å². The van der Waals surface area contributed by atoms with Gasteiger partial charge in [0.05, 0.1) is 29.7 Å². The second-order valence-corrected chi connectivity index (χ2v) is 6.19. The third-order valence-corrected chi connectivity index (χ3v) is 4.23. The minimum atomic E-state index is -0.922. The molecule has 0 aliphatic heterocycles. The van der Waals surface area contributed by atoms with Crippen LogP contribution in [0.4, 0.5) is 5.69 Å². The summed E-state index contributed by atoms with van der Waals surface area (Å²) in [5.74, 6) is -0.250. The van der Waals surface area contributed by atoms with E-state index in [1.165, 1.54) is 19.2 Å². The van der Waals surface area contributed by atoms with Gasteiger partial charge in [0.2, 0.25) is 0 Å². The van der Waals surface area contributed by atoms with Gasteiger partial charge in [0, 0.05) is 18.7 Å². The Bertz CT molecular complexity index is 917. The van der Waals surface area contributed by atoms with Crippen molar-refractivity contribution < 1.29 is 28.7 Å². The van der Waals surface area contributed by atoms with Crippen LogP contribution in [-0.4, -0.2) is 44.2 Å². The van der Waals surface area contributed by atoms with E-state index in [2.05, 4.69) is 5.32 Å². The van der Waals surface area contributed by atoms with Crippen molar-refractivity contribution in [1.82, 2.24) is 5.32 Å². The molecule has 10 heteroatoms. The number of carbonyl (C=O) groups excluding carboxylic acids is 2. The Hall–Kier alpha value is -3.33. The Kier molecular flexibility index (Phi) is 7.79. The normalized spacial score (nSPS) is 10.2. The average molecular weight is 423 g/mol. The largest absolute Gasteiger partial charge is 0.493 e. The number of amides is 1. The highest BCUT2D eigenvalue weighted by atomic mass is 35.5. The maximum Gasteiger partial charge on any atom is 0.340 e. The lowest BCUT2D eigenvalue weighted by Gasteiger charge is -2.10. The van der Waals surface area contributed by atoms with Crippen LogP contribution in [0.25, 0.3) is 0 Å². The van der Waals surface area contributed by atoms with Crippen molar-refractivity contribution in [2.45, 2.75) is 6.42 Å². The smallest absolute Gasteiger partial charge is 0.340 e. The second-order valence-electron chi connectivity index (χ2n) is 5.79. The molecule has 0 spiro atoms. The SMILES string of the molecule is COc1ccc(CCNC(=O)COC(=O)c2cc([N+](=O)[O-])ccc2Cl)cc1OC. The van der Waals surface area contributed by atoms with Crippen molar-refractivity contribution >= 4 is 29.2 Å². The van der Waals surface area contributed by atoms with E-state index < -0.39 is 23.4 Å². The highest BCUT2D eigenvalue weighted by molar-refractivity contribution is 6.33. The Morgan fingerprint density at radius 3 is 2.48 bits per heavy atom. The van der Waals surface area contributed by atoms with Gasteiger partial charge in [0.15, 0.2) is 18.1 Å². The number of nitrogens with one attached hydrogen (secondary N) is 1. The Balaban J connectivity index is 1.84. The molecule has 29 heavy (non-hydrogen) atoms. The average Bonchev–Trinajstić information content (AvgIpc) is 2.71. The standard InChI is InChI=1S/C19H19ClN2O7/c1-27-16-6-3-12(9-17(16)28-2)7-8-21-18(23)11-29-19(24)14-10-13(22(25)26)4-5-15(14)20/h3-6,9-10H,7-8,11H2,1-2H3,(H,21,23). The molecule has 0 aliphatic rings. The van der Waals surface area contributed by atoms with Gasteiger partial charge in [0.25, 0.3) is 11.6 Å². The molecular weight excluding hydrogens is 404 g/mol. The molecule has 1 amide bonds. The first-order valence-electron chi connectivity index (χ1n) is 8.44. The summed E-state index contributed by atoms with van der Waals surface area (Å²) < 4.78 is 15.3. The number of esters is 1. The predicted molar refractivity (Wildman–Crippen MR) is 105 cm³/mol. The quantitative estimate of drug-likeness (QED) is 0.375. The van der Waals surface area contributed by atoms with Gasteiger partial charge in [-0.15, -0.1) is 0 Å². The Morgan fingerprint density at radius 2 is 1.83 bits per heavy atom. The monoisotopic (exact) mass is 422 g/mol. The number of hydrogen-bond donors (Lipinski definition) is 1. The van der Waals surface area contributed by atoms with Crippen LogP contribution in [0.3, 0.4) is 0 Å². The van der Waals surface area contributed by atoms with E-state index in [9.17, 15) is 19.7 Å². The number of halogens is 1. The van der Waals surface area contributed by atoms with Crippen LogP contribution in [0, 0.1) is 10.1 Å². The van der Waals surface area contributed by atoms with E-state index in [-0.39, 0.29) is 16.3 Å². The molecule has 0 unspecified atom stereocenters. The topological polar surface area (TPSA) is 117 Å². The van der Waals surface area contributed by atoms with Crippen LogP contribution >= 0.6 is 11.6 Å². The fraction of sp³-hybridized carbons (Fsp3) is 0.263. The van der Waals surface area contributed by atoms with Crippen molar-refractivity contribution in [3.8, 4) is 11.5 Å².